The SMILES string of the molecule is C=CC1=C(N)CCCN1c1ncc2c(N3CCC(C)(CN)CC3)nccn12. The summed E-state index contributed by atoms with van der Waals surface area (Å²) in [6, 6.07) is 0. The molecule has 7 heteroatoms. The van der Waals surface area contributed by atoms with E-state index in [4.69, 9.17) is 16.5 Å². The summed E-state index contributed by atoms with van der Waals surface area (Å²) in [5, 5.41) is 0. The van der Waals surface area contributed by atoms with Crippen molar-refractivity contribution < 1.29 is 0 Å². The van der Waals surface area contributed by atoms with E-state index < -0.39 is 0 Å². The Morgan fingerprint density at radius 1 is 1.26 bits per heavy atom. The summed E-state index contributed by atoms with van der Waals surface area (Å²) in [5.74, 6) is 1.86. The molecule has 0 atom stereocenters. The molecule has 0 saturated carbocycles. The van der Waals surface area contributed by atoms with Crippen LogP contribution >= 0.6 is 0 Å². The third-order valence-electron chi connectivity index (χ3n) is 6.06. The second-order valence-electron chi connectivity index (χ2n) is 7.94. The average molecular weight is 368 g/mol. The van der Waals surface area contributed by atoms with E-state index in [1.54, 1.807) is 0 Å². The number of hydrogen-bond acceptors (Lipinski definition) is 6. The van der Waals surface area contributed by atoms with Gasteiger partial charge >= 0.3 is 0 Å². The van der Waals surface area contributed by atoms with Crippen LogP contribution in [0.4, 0.5) is 11.8 Å². The average Bonchev–Trinajstić information content (AvgIpc) is 3.12. The van der Waals surface area contributed by atoms with E-state index in [1.807, 2.05) is 24.7 Å². The van der Waals surface area contributed by atoms with E-state index in [9.17, 15) is 0 Å². The van der Waals surface area contributed by atoms with Gasteiger partial charge in [-0.15, -0.1) is 0 Å². The van der Waals surface area contributed by atoms with Crippen LogP contribution in [0.1, 0.15) is 32.6 Å². The summed E-state index contributed by atoms with van der Waals surface area (Å²) in [6.07, 6.45) is 11.7. The molecular formula is C20H29N7. The first-order valence-electron chi connectivity index (χ1n) is 9.72. The standard InChI is InChI=1S/C20H29N7/c1-3-16-15(22)5-4-9-26(16)19-24-13-17-18(23-8-12-27(17)19)25-10-6-20(2,14-21)7-11-25/h3,8,12-13H,1,4-7,9-11,14,21-22H2,2H3. The summed E-state index contributed by atoms with van der Waals surface area (Å²) in [6.45, 7) is 9.78. The van der Waals surface area contributed by atoms with E-state index in [1.165, 1.54) is 0 Å². The molecule has 2 aliphatic rings. The normalized spacial score (nSPS) is 20.4. The predicted octanol–water partition coefficient (Wildman–Crippen LogP) is 2.25. The molecule has 2 aromatic rings. The van der Waals surface area contributed by atoms with Gasteiger partial charge in [-0.25, -0.2) is 9.97 Å². The number of hydrogen-bond donors (Lipinski definition) is 2. The number of nitrogens with two attached hydrogens (primary N) is 2. The minimum atomic E-state index is 0.238. The van der Waals surface area contributed by atoms with Crippen molar-refractivity contribution in [1.29, 1.82) is 0 Å². The van der Waals surface area contributed by atoms with E-state index in [-0.39, 0.29) is 5.41 Å². The van der Waals surface area contributed by atoms with Crippen LogP contribution in [0.15, 0.2) is 42.6 Å². The molecule has 0 radical (unpaired) electrons. The first kappa shape index (κ1) is 17.9. The second kappa shape index (κ2) is 6.88. The molecule has 144 valence electrons. The fourth-order valence-electron chi connectivity index (χ4n) is 4.10. The highest BCUT2D eigenvalue weighted by Crippen LogP contribution is 2.34. The van der Waals surface area contributed by atoms with E-state index >= 15 is 0 Å². The van der Waals surface area contributed by atoms with Gasteiger partial charge in [-0.3, -0.25) is 4.40 Å². The van der Waals surface area contributed by atoms with Gasteiger partial charge in [-0.2, -0.15) is 0 Å². The predicted molar refractivity (Wildman–Crippen MR) is 110 cm³/mol. The summed E-state index contributed by atoms with van der Waals surface area (Å²) in [4.78, 5) is 13.9. The summed E-state index contributed by atoms with van der Waals surface area (Å²) in [7, 11) is 0. The summed E-state index contributed by atoms with van der Waals surface area (Å²) in [5.41, 5.74) is 15.3. The molecule has 7 nitrogen and oxygen atoms in total. The molecule has 2 aromatic heterocycles. The lowest BCUT2D eigenvalue weighted by molar-refractivity contribution is 0.258. The molecule has 4 rings (SSSR count). The molecule has 0 unspecified atom stereocenters. The largest absolute Gasteiger partial charge is 0.400 e. The van der Waals surface area contributed by atoms with Gasteiger partial charge in [0.05, 0.1) is 11.9 Å². The van der Waals surface area contributed by atoms with Crippen molar-refractivity contribution in [2.45, 2.75) is 32.6 Å². The molecule has 1 saturated heterocycles. The summed E-state index contributed by atoms with van der Waals surface area (Å²) < 4.78 is 2.11. The zero-order chi connectivity index (χ0) is 19.0. The fraction of sp³-hybridized carbons (Fsp3) is 0.500. The molecule has 0 aromatic carbocycles. The lowest BCUT2D eigenvalue weighted by atomic mass is 9.80. The zero-order valence-electron chi connectivity index (χ0n) is 16.1. The second-order valence-corrected chi connectivity index (χ2v) is 7.94. The van der Waals surface area contributed by atoms with Crippen molar-refractivity contribution in [3.8, 4) is 0 Å². The Hall–Kier alpha value is -2.54. The molecule has 4 heterocycles. The van der Waals surface area contributed by atoms with Gasteiger partial charge in [0.2, 0.25) is 5.95 Å². The molecule has 2 aliphatic heterocycles. The van der Waals surface area contributed by atoms with Crippen LogP contribution in [0.2, 0.25) is 0 Å². The number of fused-ring (bicyclic) bond motifs is 1. The number of piperidine rings is 1. The monoisotopic (exact) mass is 367 g/mol. The van der Waals surface area contributed by atoms with Gasteiger partial charge in [0, 0.05) is 37.7 Å². The Kier molecular flexibility index (Phi) is 4.55. The van der Waals surface area contributed by atoms with Crippen LogP contribution in [-0.4, -0.2) is 40.5 Å². The third kappa shape index (κ3) is 3.06. The zero-order valence-corrected chi connectivity index (χ0v) is 16.1. The van der Waals surface area contributed by atoms with E-state index in [0.717, 1.165) is 80.5 Å². The maximum Gasteiger partial charge on any atom is 0.214 e. The summed E-state index contributed by atoms with van der Waals surface area (Å²) >= 11 is 0. The number of nitrogens with zero attached hydrogens (tertiary/aromatic N) is 5. The van der Waals surface area contributed by atoms with Gasteiger partial charge < -0.3 is 21.3 Å². The molecule has 0 amide bonds. The third-order valence-corrected chi connectivity index (χ3v) is 6.06. The van der Waals surface area contributed by atoms with E-state index in [2.05, 4.69) is 32.7 Å². The van der Waals surface area contributed by atoms with Crippen molar-refractivity contribution >= 4 is 17.3 Å². The van der Waals surface area contributed by atoms with Crippen LogP contribution in [0.25, 0.3) is 5.52 Å². The minimum Gasteiger partial charge on any atom is -0.400 e. The Balaban J connectivity index is 1.69. The molecule has 4 N–H and O–H groups in total. The molecule has 0 aliphatic carbocycles. The Bertz CT molecular complexity index is 874. The van der Waals surface area contributed by atoms with Gasteiger partial charge in [0.25, 0.3) is 0 Å². The van der Waals surface area contributed by atoms with Crippen molar-refractivity contribution in [2.24, 2.45) is 16.9 Å². The Labute approximate surface area is 160 Å². The smallest absolute Gasteiger partial charge is 0.214 e. The van der Waals surface area contributed by atoms with Gasteiger partial charge in [-0.1, -0.05) is 13.5 Å². The van der Waals surface area contributed by atoms with Crippen LogP contribution < -0.4 is 21.3 Å². The molecular weight excluding hydrogens is 338 g/mol. The molecule has 0 bridgehead atoms. The lowest BCUT2D eigenvalue weighted by Gasteiger charge is -2.39. The quantitative estimate of drug-likeness (QED) is 0.862. The van der Waals surface area contributed by atoms with Crippen LogP contribution in [0.5, 0.6) is 0 Å². The van der Waals surface area contributed by atoms with E-state index in [0.29, 0.717) is 0 Å². The number of aromatic nitrogens is 3. The molecule has 27 heavy (non-hydrogen) atoms. The number of allylic oxidation sites excluding steroid dienone is 2. The highest BCUT2D eigenvalue weighted by atomic mass is 15.3. The highest BCUT2D eigenvalue weighted by Gasteiger charge is 2.30. The van der Waals surface area contributed by atoms with Crippen molar-refractivity contribution in [3.05, 3.63) is 42.6 Å². The Morgan fingerprint density at radius 3 is 2.74 bits per heavy atom. The first-order valence-corrected chi connectivity index (χ1v) is 9.72. The maximum atomic E-state index is 6.21. The number of anilines is 2. The number of rotatable bonds is 4. The number of imidazole rings is 1. The van der Waals surface area contributed by atoms with Crippen LogP contribution in [-0.2, 0) is 0 Å². The topological polar surface area (TPSA) is 88.7 Å². The van der Waals surface area contributed by atoms with Crippen molar-refractivity contribution in [3.63, 3.8) is 0 Å². The maximum absolute atomic E-state index is 6.21. The molecule has 1 fully saturated rings. The Morgan fingerprint density at radius 2 is 2.04 bits per heavy atom. The van der Waals surface area contributed by atoms with Crippen molar-refractivity contribution in [1.82, 2.24) is 14.4 Å². The van der Waals surface area contributed by atoms with Crippen LogP contribution in [0, 0.1) is 5.41 Å². The fourth-order valence-corrected chi connectivity index (χ4v) is 4.10. The van der Waals surface area contributed by atoms with Crippen molar-refractivity contribution in [2.75, 3.05) is 36.0 Å². The highest BCUT2D eigenvalue weighted by molar-refractivity contribution is 5.71. The van der Waals surface area contributed by atoms with Gasteiger partial charge in [-0.05, 0) is 43.7 Å². The minimum absolute atomic E-state index is 0.238. The molecule has 0 spiro atoms. The first-order chi connectivity index (χ1) is 13.1. The lowest BCUT2D eigenvalue weighted by Crippen LogP contribution is -2.42. The van der Waals surface area contributed by atoms with Gasteiger partial charge in [0.1, 0.15) is 5.52 Å². The van der Waals surface area contributed by atoms with Gasteiger partial charge in [0.15, 0.2) is 5.82 Å². The van der Waals surface area contributed by atoms with Crippen LogP contribution in [0.3, 0.4) is 0 Å².